The van der Waals surface area contributed by atoms with Crippen molar-refractivity contribution in [2.75, 3.05) is 18.4 Å². The zero-order valence-electron chi connectivity index (χ0n) is 19.2. The Morgan fingerprint density at radius 2 is 1.97 bits per heavy atom. The van der Waals surface area contributed by atoms with Crippen molar-refractivity contribution in [1.29, 1.82) is 0 Å². The molecule has 0 spiro atoms. The summed E-state index contributed by atoms with van der Waals surface area (Å²) in [6.07, 6.45) is 1.28. The average molecular weight is 489 g/mol. The number of anilines is 1. The average Bonchev–Trinajstić information content (AvgIpc) is 3.43. The van der Waals surface area contributed by atoms with Crippen molar-refractivity contribution in [3.05, 3.63) is 46.7 Å². The van der Waals surface area contributed by atoms with Crippen molar-refractivity contribution >= 4 is 33.0 Å². The summed E-state index contributed by atoms with van der Waals surface area (Å²) < 4.78 is 33.6. The first kappa shape index (κ1) is 23.6. The van der Waals surface area contributed by atoms with E-state index in [0.717, 1.165) is 5.56 Å². The highest BCUT2D eigenvalue weighted by Crippen LogP contribution is 2.35. The van der Waals surface area contributed by atoms with Crippen LogP contribution in [0.1, 0.15) is 48.9 Å². The second-order valence-electron chi connectivity index (χ2n) is 8.70. The molecule has 10 heteroatoms. The maximum absolute atomic E-state index is 13.5. The molecule has 0 saturated carbocycles. The van der Waals surface area contributed by atoms with Gasteiger partial charge in [-0.15, -0.1) is 11.3 Å². The van der Waals surface area contributed by atoms with Crippen LogP contribution in [0.25, 0.3) is 10.7 Å². The number of sulfonamides is 1. The molecule has 3 aromatic rings. The van der Waals surface area contributed by atoms with Gasteiger partial charge in [-0.1, -0.05) is 36.7 Å². The van der Waals surface area contributed by atoms with Crippen LogP contribution >= 0.6 is 11.3 Å². The fourth-order valence-electron chi connectivity index (χ4n) is 3.80. The Kier molecular flexibility index (Phi) is 6.69. The molecular weight excluding hydrogens is 460 g/mol. The standard InChI is InChI=1S/C23H28N4O4S2/c1-14(2)23-25-21(26-31-23)19-12-20(16(4)32-19)33(29,30)27-11-5-6-17(13-27)22(28)24-18-9-7-15(3)8-10-18/h7-10,12,14,17H,5-6,11,13H2,1-4H3,(H,24,28)/t17-/m1/s1. The number of rotatable bonds is 6. The van der Waals surface area contributed by atoms with Crippen LogP contribution in [0.5, 0.6) is 0 Å². The lowest BCUT2D eigenvalue weighted by Gasteiger charge is -2.31. The number of amides is 1. The van der Waals surface area contributed by atoms with E-state index in [2.05, 4.69) is 15.5 Å². The van der Waals surface area contributed by atoms with Crippen molar-refractivity contribution in [3.8, 4) is 10.7 Å². The van der Waals surface area contributed by atoms with Crippen LogP contribution < -0.4 is 5.32 Å². The van der Waals surface area contributed by atoms with Gasteiger partial charge < -0.3 is 9.84 Å². The molecule has 1 N–H and O–H groups in total. The van der Waals surface area contributed by atoms with Crippen LogP contribution in [0.3, 0.4) is 0 Å². The predicted octanol–water partition coefficient (Wildman–Crippen LogP) is 4.58. The molecule has 176 valence electrons. The molecule has 0 aliphatic carbocycles. The van der Waals surface area contributed by atoms with Crippen molar-refractivity contribution in [2.45, 2.75) is 51.3 Å². The van der Waals surface area contributed by atoms with Gasteiger partial charge in [0.25, 0.3) is 0 Å². The van der Waals surface area contributed by atoms with Gasteiger partial charge in [-0.25, -0.2) is 8.42 Å². The number of carbonyl (C=O) groups excluding carboxylic acids is 1. The molecule has 33 heavy (non-hydrogen) atoms. The number of nitrogens with one attached hydrogen (secondary N) is 1. The molecule has 1 aliphatic rings. The topological polar surface area (TPSA) is 105 Å². The molecular formula is C23H28N4O4S2. The minimum absolute atomic E-state index is 0.0897. The lowest BCUT2D eigenvalue weighted by Crippen LogP contribution is -2.43. The first-order chi connectivity index (χ1) is 15.6. The summed E-state index contributed by atoms with van der Waals surface area (Å²) in [5.74, 6) is 0.432. The lowest BCUT2D eigenvalue weighted by atomic mass is 9.98. The zero-order valence-corrected chi connectivity index (χ0v) is 20.8. The molecule has 0 bridgehead atoms. The summed E-state index contributed by atoms with van der Waals surface area (Å²) in [6, 6.07) is 9.17. The van der Waals surface area contributed by atoms with Gasteiger partial charge in [0, 0.05) is 29.6 Å². The first-order valence-corrected chi connectivity index (χ1v) is 13.2. The third-order valence-corrected chi connectivity index (χ3v) is 8.89. The van der Waals surface area contributed by atoms with Gasteiger partial charge in [0.05, 0.1) is 15.7 Å². The van der Waals surface area contributed by atoms with Crippen molar-refractivity contribution in [2.24, 2.45) is 5.92 Å². The Hall–Kier alpha value is -2.56. The van der Waals surface area contributed by atoms with E-state index in [1.54, 1.807) is 13.0 Å². The number of aromatic nitrogens is 2. The van der Waals surface area contributed by atoms with E-state index in [0.29, 0.717) is 46.5 Å². The Balaban J connectivity index is 1.51. The molecule has 1 aromatic carbocycles. The number of aryl methyl sites for hydroxylation is 2. The molecule has 3 heterocycles. The fraction of sp³-hybridized carbons (Fsp3) is 0.435. The number of hydrogen-bond acceptors (Lipinski definition) is 7. The van der Waals surface area contributed by atoms with Crippen LogP contribution in [0.15, 0.2) is 39.8 Å². The summed E-state index contributed by atoms with van der Waals surface area (Å²) in [7, 11) is -3.76. The van der Waals surface area contributed by atoms with Crippen LogP contribution in [0.2, 0.25) is 0 Å². The summed E-state index contributed by atoms with van der Waals surface area (Å²) in [5.41, 5.74) is 1.82. The Morgan fingerprint density at radius 1 is 1.24 bits per heavy atom. The van der Waals surface area contributed by atoms with Crippen LogP contribution in [0.4, 0.5) is 5.69 Å². The van der Waals surface area contributed by atoms with Gasteiger partial charge >= 0.3 is 0 Å². The number of benzene rings is 1. The maximum atomic E-state index is 13.5. The van der Waals surface area contributed by atoms with E-state index in [4.69, 9.17) is 4.52 Å². The fourth-order valence-corrected chi connectivity index (χ4v) is 6.81. The zero-order chi connectivity index (χ0) is 23.8. The third-order valence-electron chi connectivity index (χ3n) is 5.72. The molecule has 1 atom stereocenters. The molecule has 1 saturated heterocycles. The van der Waals surface area contributed by atoms with Crippen molar-refractivity contribution in [3.63, 3.8) is 0 Å². The predicted molar refractivity (Wildman–Crippen MR) is 128 cm³/mol. The molecule has 2 aromatic heterocycles. The number of piperidine rings is 1. The minimum Gasteiger partial charge on any atom is -0.339 e. The van der Waals surface area contributed by atoms with Gasteiger partial charge in [-0.05, 0) is 44.9 Å². The van der Waals surface area contributed by atoms with Gasteiger partial charge in [0.15, 0.2) is 0 Å². The van der Waals surface area contributed by atoms with E-state index in [1.165, 1.54) is 15.6 Å². The normalized spacial score (nSPS) is 17.4. The summed E-state index contributed by atoms with van der Waals surface area (Å²) in [6.45, 7) is 8.21. The molecule has 4 rings (SSSR count). The van der Waals surface area contributed by atoms with Crippen LogP contribution in [-0.4, -0.2) is 41.9 Å². The van der Waals surface area contributed by atoms with Crippen molar-refractivity contribution < 1.29 is 17.7 Å². The minimum atomic E-state index is -3.76. The molecule has 8 nitrogen and oxygen atoms in total. The smallest absolute Gasteiger partial charge is 0.244 e. The maximum Gasteiger partial charge on any atom is 0.244 e. The third kappa shape index (κ3) is 5.02. The first-order valence-electron chi connectivity index (χ1n) is 11.0. The Bertz CT molecular complexity index is 1250. The molecule has 1 aliphatic heterocycles. The second-order valence-corrected chi connectivity index (χ2v) is 11.9. The van der Waals surface area contributed by atoms with E-state index in [1.807, 2.05) is 45.0 Å². The summed E-state index contributed by atoms with van der Waals surface area (Å²) in [4.78, 5) is 18.7. The highest BCUT2D eigenvalue weighted by Gasteiger charge is 2.35. The largest absolute Gasteiger partial charge is 0.339 e. The SMILES string of the molecule is Cc1ccc(NC(=O)[C@@H]2CCCN(S(=O)(=O)c3cc(-c4noc(C(C)C)n4)sc3C)C2)cc1. The monoisotopic (exact) mass is 488 g/mol. The van der Waals surface area contributed by atoms with E-state index < -0.39 is 15.9 Å². The number of thiophene rings is 1. The molecule has 1 fully saturated rings. The molecule has 1 amide bonds. The number of nitrogens with zero attached hydrogens (tertiary/aromatic N) is 3. The summed E-state index contributed by atoms with van der Waals surface area (Å²) in [5, 5.41) is 6.91. The van der Waals surface area contributed by atoms with Gasteiger partial charge in [-0.2, -0.15) is 9.29 Å². The van der Waals surface area contributed by atoms with E-state index in [9.17, 15) is 13.2 Å². The van der Waals surface area contributed by atoms with Crippen LogP contribution in [-0.2, 0) is 14.8 Å². The van der Waals surface area contributed by atoms with Crippen LogP contribution in [0, 0.1) is 19.8 Å². The van der Waals surface area contributed by atoms with Crippen molar-refractivity contribution in [1.82, 2.24) is 14.4 Å². The van der Waals surface area contributed by atoms with Gasteiger partial charge in [-0.3, -0.25) is 4.79 Å². The number of hydrogen-bond donors (Lipinski definition) is 1. The lowest BCUT2D eigenvalue weighted by molar-refractivity contribution is -0.120. The highest BCUT2D eigenvalue weighted by molar-refractivity contribution is 7.89. The van der Waals surface area contributed by atoms with Gasteiger partial charge in [0.1, 0.15) is 0 Å². The molecule has 0 unspecified atom stereocenters. The Labute approximate surface area is 198 Å². The molecule has 0 radical (unpaired) electrons. The van der Waals surface area contributed by atoms with E-state index in [-0.39, 0.29) is 23.3 Å². The summed E-state index contributed by atoms with van der Waals surface area (Å²) >= 11 is 1.32. The second kappa shape index (κ2) is 9.36. The Morgan fingerprint density at radius 3 is 2.64 bits per heavy atom. The van der Waals surface area contributed by atoms with Gasteiger partial charge in [0.2, 0.25) is 27.6 Å². The van der Waals surface area contributed by atoms with E-state index >= 15 is 0 Å². The quantitative estimate of drug-likeness (QED) is 0.545. The number of carbonyl (C=O) groups is 1. The highest BCUT2D eigenvalue weighted by atomic mass is 32.2.